The van der Waals surface area contributed by atoms with Crippen molar-refractivity contribution in [3.8, 4) is 0 Å². The summed E-state index contributed by atoms with van der Waals surface area (Å²) in [4.78, 5) is 0. The van der Waals surface area contributed by atoms with Crippen LogP contribution in [-0.2, 0) is 6.54 Å². The maximum absolute atomic E-state index is 9.17. The van der Waals surface area contributed by atoms with Crippen LogP contribution in [0.5, 0.6) is 0 Å². The van der Waals surface area contributed by atoms with Crippen LogP contribution in [0.4, 0.5) is 5.69 Å². The van der Waals surface area contributed by atoms with Crippen LogP contribution in [-0.4, -0.2) is 26.9 Å². The Balaban J connectivity index is 2.29. The minimum atomic E-state index is -1.61. The van der Waals surface area contributed by atoms with Crippen LogP contribution in [0.3, 0.4) is 0 Å². The Morgan fingerprint density at radius 2 is 1.94 bits per heavy atom. The molecule has 0 saturated carbocycles. The molecule has 16 heavy (non-hydrogen) atoms. The van der Waals surface area contributed by atoms with Gasteiger partial charge in [0.1, 0.15) is 0 Å². The quantitative estimate of drug-likeness (QED) is 0.587. The lowest BCUT2D eigenvalue weighted by atomic mass is 9.85. The van der Waals surface area contributed by atoms with Crippen molar-refractivity contribution in [2.45, 2.75) is 6.54 Å². The van der Waals surface area contributed by atoms with E-state index in [2.05, 4.69) is 5.10 Å². The minimum Gasteiger partial charge on any atom is -0.422 e. The van der Waals surface area contributed by atoms with Gasteiger partial charge in [-0.25, -0.2) is 0 Å². The second-order valence-corrected chi connectivity index (χ2v) is 3.50. The molecule has 1 aromatic carbocycles. The molecule has 0 atom stereocenters. The van der Waals surface area contributed by atoms with Crippen LogP contribution in [0.1, 0.15) is 5.56 Å². The van der Waals surface area contributed by atoms with E-state index in [4.69, 9.17) is 15.8 Å². The van der Waals surface area contributed by atoms with E-state index >= 15 is 0 Å². The van der Waals surface area contributed by atoms with Gasteiger partial charge in [0.15, 0.2) is 0 Å². The van der Waals surface area contributed by atoms with E-state index in [1.165, 1.54) is 10.9 Å². The molecule has 2 rings (SSSR count). The van der Waals surface area contributed by atoms with Gasteiger partial charge in [-0.2, -0.15) is 5.10 Å². The Morgan fingerprint density at radius 3 is 2.56 bits per heavy atom. The van der Waals surface area contributed by atoms with Crippen LogP contribution in [0.15, 0.2) is 36.5 Å². The fourth-order valence-corrected chi connectivity index (χ4v) is 1.57. The Kier molecular flexibility index (Phi) is 2.94. The van der Waals surface area contributed by atoms with Gasteiger partial charge in [-0.3, -0.25) is 4.68 Å². The summed E-state index contributed by atoms with van der Waals surface area (Å²) in [6, 6.07) is 9.62. The first-order valence-corrected chi connectivity index (χ1v) is 4.89. The molecule has 0 spiro atoms. The van der Waals surface area contributed by atoms with Crippen molar-refractivity contribution < 1.29 is 10.0 Å². The van der Waals surface area contributed by atoms with E-state index in [0.29, 0.717) is 6.54 Å². The molecule has 5 nitrogen and oxygen atoms in total. The van der Waals surface area contributed by atoms with Crippen molar-refractivity contribution in [1.29, 1.82) is 0 Å². The number of hydrogen-bond donors (Lipinski definition) is 3. The van der Waals surface area contributed by atoms with Crippen LogP contribution in [0.25, 0.3) is 0 Å². The number of hydrogen-bond acceptors (Lipinski definition) is 4. The molecule has 0 unspecified atom stereocenters. The van der Waals surface area contributed by atoms with Crippen LogP contribution in [0, 0.1) is 0 Å². The highest BCUT2D eigenvalue weighted by molar-refractivity contribution is 6.59. The lowest BCUT2D eigenvalue weighted by molar-refractivity contribution is 0.421. The lowest BCUT2D eigenvalue weighted by Crippen LogP contribution is -2.38. The van der Waals surface area contributed by atoms with E-state index in [1.54, 1.807) is 0 Å². The van der Waals surface area contributed by atoms with Gasteiger partial charge in [-0.05, 0) is 5.56 Å². The summed E-state index contributed by atoms with van der Waals surface area (Å²) < 4.78 is 1.48. The maximum atomic E-state index is 9.17. The molecule has 6 heteroatoms. The summed E-state index contributed by atoms with van der Waals surface area (Å²) in [7, 11) is -1.61. The first kappa shape index (κ1) is 10.7. The Morgan fingerprint density at radius 1 is 1.25 bits per heavy atom. The zero-order chi connectivity index (χ0) is 11.5. The van der Waals surface area contributed by atoms with Crippen molar-refractivity contribution in [2.24, 2.45) is 0 Å². The van der Waals surface area contributed by atoms with Gasteiger partial charge in [0.25, 0.3) is 0 Å². The van der Waals surface area contributed by atoms with Gasteiger partial charge in [-0.1, -0.05) is 30.3 Å². The highest BCUT2D eigenvalue weighted by Crippen LogP contribution is 2.03. The first-order valence-electron chi connectivity index (χ1n) is 4.89. The van der Waals surface area contributed by atoms with E-state index in [-0.39, 0.29) is 11.3 Å². The third-order valence-electron chi connectivity index (χ3n) is 2.33. The molecule has 0 saturated heterocycles. The second kappa shape index (κ2) is 4.38. The van der Waals surface area contributed by atoms with Crippen LogP contribution >= 0.6 is 0 Å². The molecule has 2 aromatic rings. The van der Waals surface area contributed by atoms with E-state index in [9.17, 15) is 0 Å². The summed E-state index contributed by atoms with van der Waals surface area (Å²) in [5.74, 6) is 0. The van der Waals surface area contributed by atoms with E-state index in [0.717, 1.165) is 5.56 Å². The summed E-state index contributed by atoms with van der Waals surface area (Å²) in [5, 5.41) is 22.3. The van der Waals surface area contributed by atoms with Crippen molar-refractivity contribution >= 4 is 18.4 Å². The maximum Gasteiger partial charge on any atom is 0.509 e. The fourth-order valence-electron chi connectivity index (χ4n) is 1.57. The summed E-state index contributed by atoms with van der Waals surface area (Å²) in [6.07, 6.45) is 1.41. The van der Waals surface area contributed by atoms with Crippen molar-refractivity contribution in [1.82, 2.24) is 9.78 Å². The standard InChI is InChI=1S/C10H12BN3O2/c12-9-6-13-14(10(9)11(15)16)7-8-4-2-1-3-5-8/h1-6,15-16H,7,12H2. The SMILES string of the molecule is Nc1cnn(Cc2ccccc2)c1B(O)O. The molecule has 0 aliphatic carbocycles. The second-order valence-electron chi connectivity index (χ2n) is 3.50. The molecule has 0 radical (unpaired) electrons. The van der Waals surface area contributed by atoms with Gasteiger partial charge in [0.05, 0.1) is 24.0 Å². The first-order chi connectivity index (χ1) is 7.68. The predicted octanol–water partition coefficient (Wildman–Crippen LogP) is -0.807. The molecule has 0 fully saturated rings. The fraction of sp³-hybridized carbons (Fsp3) is 0.100. The van der Waals surface area contributed by atoms with Crippen molar-refractivity contribution in [2.75, 3.05) is 5.73 Å². The normalized spacial score (nSPS) is 10.4. The Labute approximate surface area is 93.3 Å². The summed E-state index contributed by atoms with van der Waals surface area (Å²) in [6.45, 7) is 0.463. The van der Waals surface area contributed by atoms with Gasteiger partial charge < -0.3 is 15.8 Å². The van der Waals surface area contributed by atoms with Crippen LogP contribution in [0.2, 0.25) is 0 Å². The average Bonchev–Trinajstić information content (AvgIpc) is 2.61. The van der Waals surface area contributed by atoms with Gasteiger partial charge in [0, 0.05) is 0 Å². The molecular weight excluding hydrogens is 205 g/mol. The highest BCUT2D eigenvalue weighted by atomic mass is 16.4. The smallest absolute Gasteiger partial charge is 0.422 e. The predicted molar refractivity (Wildman–Crippen MR) is 62.0 cm³/mol. The van der Waals surface area contributed by atoms with Crippen LogP contribution < -0.4 is 11.3 Å². The number of nitrogens with two attached hydrogens (primary N) is 1. The molecule has 0 amide bonds. The number of nitrogen functional groups attached to an aromatic ring is 1. The number of rotatable bonds is 3. The molecular formula is C10H12BN3O2. The monoisotopic (exact) mass is 217 g/mol. The number of anilines is 1. The topological polar surface area (TPSA) is 84.3 Å². The molecule has 4 N–H and O–H groups in total. The molecule has 0 bridgehead atoms. The highest BCUT2D eigenvalue weighted by Gasteiger charge is 2.21. The van der Waals surface area contributed by atoms with Gasteiger partial charge in [0.2, 0.25) is 0 Å². The van der Waals surface area contributed by atoms with Gasteiger partial charge in [-0.15, -0.1) is 0 Å². The average molecular weight is 217 g/mol. The zero-order valence-electron chi connectivity index (χ0n) is 8.61. The lowest BCUT2D eigenvalue weighted by Gasteiger charge is -2.07. The zero-order valence-corrected chi connectivity index (χ0v) is 8.61. The van der Waals surface area contributed by atoms with E-state index in [1.807, 2.05) is 30.3 Å². The molecule has 0 aliphatic heterocycles. The Bertz CT molecular complexity index is 470. The molecule has 82 valence electrons. The molecule has 1 aromatic heterocycles. The minimum absolute atomic E-state index is 0.226. The number of aromatic nitrogens is 2. The molecule has 0 aliphatic rings. The largest absolute Gasteiger partial charge is 0.509 e. The Hall–Kier alpha value is -1.79. The van der Waals surface area contributed by atoms with Crippen molar-refractivity contribution in [3.63, 3.8) is 0 Å². The van der Waals surface area contributed by atoms with E-state index < -0.39 is 7.12 Å². The molecule has 1 heterocycles. The summed E-state index contributed by atoms with van der Waals surface area (Å²) in [5.41, 5.74) is 7.12. The third-order valence-corrected chi connectivity index (χ3v) is 2.33. The summed E-state index contributed by atoms with van der Waals surface area (Å²) >= 11 is 0. The van der Waals surface area contributed by atoms with Gasteiger partial charge >= 0.3 is 7.12 Å². The number of benzene rings is 1. The number of nitrogens with zero attached hydrogens (tertiary/aromatic N) is 2. The third kappa shape index (κ3) is 2.07. The van der Waals surface area contributed by atoms with Crippen molar-refractivity contribution in [3.05, 3.63) is 42.1 Å².